The lowest BCUT2D eigenvalue weighted by Crippen LogP contribution is -2.61. The minimum Gasteiger partial charge on any atom is -0.456 e. The summed E-state index contributed by atoms with van der Waals surface area (Å²) in [5.74, 6) is 0. The Kier molecular flexibility index (Phi) is 7.32. The molecule has 268 valence electrons. The van der Waals surface area contributed by atoms with Crippen LogP contribution in [0.4, 0.5) is 34.1 Å². The summed E-state index contributed by atoms with van der Waals surface area (Å²) in [6.45, 7) is 16.1. The molecule has 8 aromatic rings. The summed E-state index contributed by atoms with van der Waals surface area (Å²) >= 11 is 0. The maximum atomic E-state index is 6.27. The smallest absolute Gasteiger partial charge is 0.252 e. The molecule has 0 spiro atoms. The van der Waals surface area contributed by atoms with Crippen LogP contribution in [0.5, 0.6) is 0 Å². The lowest BCUT2D eigenvalue weighted by Gasteiger charge is -2.44. The second-order valence-corrected chi connectivity index (χ2v) is 17.5. The first kappa shape index (κ1) is 33.6. The Morgan fingerprint density at radius 2 is 1.07 bits per heavy atom. The fourth-order valence-corrected chi connectivity index (χ4v) is 9.03. The van der Waals surface area contributed by atoms with Crippen LogP contribution in [-0.2, 0) is 10.8 Å². The molecule has 3 heterocycles. The summed E-state index contributed by atoms with van der Waals surface area (Å²) in [6, 6.07) is 54.1. The summed E-state index contributed by atoms with van der Waals surface area (Å²) in [5.41, 5.74) is 19.5. The first-order chi connectivity index (χ1) is 26.5. The first-order valence-corrected chi connectivity index (χ1v) is 19.6. The lowest BCUT2D eigenvalue weighted by atomic mass is 9.33. The van der Waals surface area contributed by atoms with Crippen molar-refractivity contribution in [3.63, 3.8) is 0 Å². The summed E-state index contributed by atoms with van der Waals surface area (Å²) in [6.07, 6.45) is 0. The SMILES string of the molecule is Cc1cc2c3c(c1)N(c1ccc(-c4cccc5oc6ccccc6c45)cc1)c1ccc(C(C)(C)C)cc1B3c1ccccc1N2c1ccc(C(C)(C)C)cc1. The van der Waals surface area contributed by atoms with Crippen LogP contribution in [-0.4, -0.2) is 6.71 Å². The van der Waals surface area contributed by atoms with E-state index in [0.717, 1.165) is 27.6 Å². The zero-order chi connectivity index (χ0) is 37.8. The molecule has 0 fully saturated rings. The monoisotopic (exact) mass is 712 g/mol. The van der Waals surface area contributed by atoms with E-state index in [0.29, 0.717) is 0 Å². The number of nitrogens with zero attached hydrogens (tertiary/aromatic N) is 2. The van der Waals surface area contributed by atoms with Crippen LogP contribution in [0.15, 0.2) is 150 Å². The molecule has 0 atom stereocenters. The summed E-state index contributed by atoms with van der Waals surface area (Å²) in [4.78, 5) is 5.01. The number of furan rings is 1. The fraction of sp³-hybridized carbons (Fsp3) is 0.176. The molecule has 0 saturated heterocycles. The van der Waals surface area contributed by atoms with Crippen molar-refractivity contribution in [1.82, 2.24) is 0 Å². The maximum Gasteiger partial charge on any atom is 0.252 e. The molecule has 2 aliphatic heterocycles. The molecule has 3 nitrogen and oxygen atoms in total. The van der Waals surface area contributed by atoms with E-state index in [2.05, 4.69) is 198 Å². The molecule has 7 aromatic carbocycles. The molecule has 2 aliphatic rings. The van der Waals surface area contributed by atoms with Crippen LogP contribution >= 0.6 is 0 Å². The molecule has 1 aromatic heterocycles. The Labute approximate surface area is 324 Å². The van der Waals surface area contributed by atoms with Crippen molar-refractivity contribution in [2.45, 2.75) is 59.3 Å². The molecule has 0 unspecified atom stereocenters. The number of hydrogen-bond donors (Lipinski definition) is 0. The van der Waals surface area contributed by atoms with E-state index in [4.69, 9.17) is 4.42 Å². The van der Waals surface area contributed by atoms with Gasteiger partial charge in [-0.15, -0.1) is 0 Å². The molecule has 10 rings (SSSR count). The Bertz CT molecular complexity index is 2800. The van der Waals surface area contributed by atoms with Gasteiger partial charge in [0.2, 0.25) is 0 Å². The second kappa shape index (κ2) is 12.0. The Hall–Kier alpha value is -6.00. The highest BCUT2D eigenvalue weighted by Gasteiger charge is 2.43. The van der Waals surface area contributed by atoms with Gasteiger partial charge in [0, 0.05) is 44.9 Å². The van der Waals surface area contributed by atoms with Gasteiger partial charge in [0.1, 0.15) is 11.2 Å². The highest BCUT2D eigenvalue weighted by Crippen LogP contribution is 2.46. The van der Waals surface area contributed by atoms with Gasteiger partial charge < -0.3 is 14.2 Å². The number of hydrogen-bond acceptors (Lipinski definition) is 3. The third-order valence-electron chi connectivity index (χ3n) is 11.8. The van der Waals surface area contributed by atoms with Crippen LogP contribution in [0.3, 0.4) is 0 Å². The van der Waals surface area contributed by atoms with Crippen LogP contribution < -0.4 is 26.2 Å². The number of aryl methyl sites for hydroxylation is 1. The molecule has 0 amide bonds. The quantitative estimate of drug-likeness (QED) is 0.170. The highest BCUT2D eigenvalue weighted by atomic mass is 16.3. The molecular weight excluding hydrogens is 667 g/mol. The van der Waals surface area contributed by atoms with Crippen LogP contribution in [0.25, 0.3) is 33.1 Å². The molecule has 0 saturated carbocycles. The van der Waals surface area contributed by atoms with Crippen molar-refractivity contribution in [1.29, 1.82) is 0 Å². The largest absolute Gasteiger partial charge is 0.456 e. The van der Waals surface area contributed by atoms with Crippen molar-refractivity contribution in [2.24, 2.45) is 0 Å². The van der Waals surface area contributed by atoms with Crippen molar-refractivity contribution < 1.29 is 4.42 Å². The number of anilines is 6. The highest BCUT2D eigenvalue weighted by molar-refractivity contribution is 7.00. The van der Waals surface area contributed by atoms with Gasteiger partial charge in [-0.25, -0.2) is 0 Å². The topological polar surface area (TPSA) is 19.6 Å². The molecule has 55 heavy (non-hydrogen) atoms. The van der Waals surface area contributed by atoms with Crippen molar-refractivity contribution in [3.05, 3.63) is 162 Å². The molecule has 4 heteroatoms. The standard InChI is InChI=1S/C51H45BN2O/c1-32-29-44-49-45(30-32)54(36-24-19-33(20-25-36)38-14-12-18-47-48(38)39-13-8-11-17-46(39)55-47)43-28-23-35(51(5,6)7)31-41(43)52(49)40-15-9-10-16-42(40)53(44)37-26-21-34(22-27-37)50(2,3)4/h8-31H,1-7H3. The Balaban J connectivity index is 1.19. The first-order valence-electron chi connectivity index (χ1n) is 19.6. The third kappa shape index (κ3) is 5.26. The zero-order valence-electron chi connectivity index (χ0n) is 32.7. The minimum absolute atomic E-state index is 0.00515. The van der Waals surface area contributed by atoms with Gasteiger partial charge in [-0.1, -0.05) is 126 Å². The Morgan fingerprint density at radius 3 is 1.76 bits per heavy atom. The average molecular weight is 713 g/mol. The predicted molar refractivity (Wildman–Crippen MR) is 235 cm³/mol. The van der Waals surface area contributed by atoms with Crippen molar-refractivity contribution >= 4 is 79.2 Å². The van der Waals surface area contributed by atoms with Gasteiger partial charge in [0.15, 0.2) is 0 Å². The van der Waals surface area contributed by atoms with Crippen molar-refractivity contribution in [2.75, 3.05) is 9.80 Å². The van der Waals surface area contributed by atoms with Crippen LogP contribution in [0.1, 0.15) is 58.2 Å². The van der Waals surface area contributed by atoms with Gasteiger partial charge in [-0.3, -0.25) is 0 Å². The zero-order valence-corrected chi connectivity index (χ0v) is 32.7. The molecule has 0 radical (unpaired) electrons. The number of fused-ring (bicyclic) bond motifs is 7. The van der Waals surface area contributed by atoms with Crippen molar-refractivity contribution in [3.8, 4) is 11.1 Å². The summed E-state index contributed by atoms with van der Waals surface area (Å²) in [5, 5.41) is 2.31. The van der Waals surface area contributed by atoms with Crippen LogP contribution in [0.2, 0.25) is 0 Å². The van der Waals surface area contributed by atoms with Crippen LogP contribution in [0, 0.1) is 6.92 Å². The third-order valence-corrected chi connectivity index (χ3v) is 11.8. The van der Waals surface area contributed by atoms with E-state index in [1.807, 2.05) is 6.07 Å². The Morgan fingerprint density at radius 1 is 0.491 bits per heavy atom. The summed E-state index contributed by atoms with van der Waals surface area (Å²) in [7, 11) is 0. The molecule has 0 bridgehead atoms. The fourth-order valence-electron chi connectivity index (χ4n) is 9.03. The number of para-hydroxylation sites is 2. The van der Waals surface area contributed by atoms with E-state index in [1.54, 1.807) is 0 Å². The van der Waals surface area contributed by atoms with Gasteiger partial charge in [-0.2, -0.15) is 0 Å². The van der Waals surface area contributed by atoms with Gasteiger partial charge in [0.25, 0.3) is 6.71 Å². The predicted octanol–water partition coefficient (Wildman–Crippen LogP) is 12.2. The van der Waals surface area contributed by atoms with E-state index < -0.39 is 0 Å². The van der Waals surface area contributed by atoms with E-state index in [9.17, 15) is 0 Å². The second-order valence-electron chi connectivity index (χ2n) is 17.5. The lowest BCUT2D eigenvalue weighted by molar-refractivity contribution is 0.590. The van der Waals surface area contributed by atoms with E-state index >= 15 is 0 Å². The van der Waals surface area contributed by atoms with E-state index in [-0.39, 0.29) is 17.5 Å². The summed E-state index contributed by atoms with van der Waals surface area (Å²) < 4.78 is 6.27. The maximum absolute atomic E-state index is 6.27. The van der Waals surface area contributed by atoms with Gasteiger partial charge >= 0.3 is 0 Å². The van der Waals surface area contributed by atoms with Gasteiger partial charge in [-0.05, 0) is 123 Å². The normalized spacial score (nSPS) is 13.6. The average Bonchev–Trinajstić information content (AvgIpc) is 3.56. The molecule has 0 N–H and O–H groups in total. The number of rotatable bonds is 3. The number of benzene rings is 7. The van der Waals surface area contributed by atoms with Gasteiger partial charge in [0.05, 0.1) is 0 Å². The minimum atomic E-state index is 0.00515. The molecular formula is C51H45BN2O. The molecule has 0 aliphatic carbocycles. The van der Waals surface area contributed by atoms with E-state index in [1.165, 1.54) is 72.6 Å².